The molecule has 0 heterocycles. The molecule has 4 nitrogen and oxygen atoms in total. The largest absolute Gasteiger partial charge is 0.481 e. The van der Waals surface area contributed by atoms with Crippen molar-refractivity contribution in [1.29, 1.82) is 0 Å². The molecule has 0 radical (unpaired) electrons. The minimum absolute atomic E-state index is 0.126. The van der Waals surface area contributed by atoms with Crippen molar-refractivity contribution in [1.82, 2.24) is 0 Å². The van der Waals surface area contributed by atoms with Gasteiger partial charge in [0, 0.05) is 0 Å². The van der Waals surface area contributed by atoms with Crippen LogP contribution in [0.2, 0.25) is 0 Å². The first-order valence-corrected chi connectivity index (χ1v) is 5.58. The highest BCUT2D eigenvalue weighted by molar-refractivity contribution is 5.83. The van der Waals surface area contributed by atoms with Crippen LogP contribution in [0.15, 0.2) is 30.3 Å². The van der Waals surface area contributed by atoms with Crippen LogP contribution in [0.25, 0.3) is 0 Å². The fourth-order valence-electron chi connectivity index (χ4n) is 1.47. The van der Waals surface area contributed by atoms with Gasteiger partial charge < -0.3 is 9.84 Å². The van der Waals surface area contributed by atoms with Crippen molar-refractivity contribution < 1.29 is 19.4 Å². The summed E-state index contributed by atoms with van der Waals surface area (Å²) in [6.45, 7) is 2.22. The summed E-state index contributed by atoms with van der Waals surface area (Å²) in [5.74, 6) is -2.31. The highest BCUT2D eigenvalue weighted by Crippen LogP contribution is 2.20. The molecule has 0 aliphatic carbocycles. The first-order valence-electron chi connectivity index (χ1n) is 5.58. The molecule has 92 valence electrons. The zero-order chi connectivity index (χ0) is 12.7. The lowest BCUT2D eigenvalue weighted by Crippen LogP contribution is -2.18. The normalized spacial score (nSPS) is 11.8. The Hall–Kier alpha value is -1.84. The first kappa shape index (κ1) is 13.2. The first-order chi connectivity index (χ1) is 8.15. The average molecular weight is 236 g/mol. The van der Waals surface area contributed by atoms with Crippen molar-refractivity contribution in [3.8, 4) is 0 Å². The van der Waals surface area contributed by atoms with Gasteiger partial charge >= 0.3 is 11.9 Å². The van der Waals surface area contributed by atoms with E-state index >= 15 is 0 Å². The maximum Gasteiger partial charge on any atom is 0.311 e. The molecule has 0 saturated carbocycles. The lowest BCUT2D eigenvalue weighted by molar-refractivity contribution is -0.149. The van der Waals surface area contributed by atoms with E-state index in [1.807, 2.05) is 6.92 Å². The molecule has 0 saturated heterocycles. The number of carboxylic acids is 1. The molecule has 1 unspecified atom stereocenters. The van der Waals surface area contributed by atoms with Gasteiger partial charge in [0.2, 0.25) is 0 Å². The number of hydrogen-bond acceptors (Lipinski definition) is 3. The molecule has 1 N–H and O–H groups in total. The topological polar surface area (TPSA) is 63.6 Å². The Balaban J connectivity index is 2.68. The van der Waals surface area contributed by atoms with Gasteiger partial charge in [-0.05, 0) is 12.0 Å². The number of ether oxygens (including phenoxy) is 1. The summed E-state index contributed by atoms with van der Waals surface area (Å²) in [4.78, 5) is 22.5. The Morgan fingerprint density at radius 1 is 1.29 bits per heavy atom. The van der Waals surface area contributed by atoms with Gasteiger partial charge in [0.1, 0.15) is 0 Å². The van der Waals surface area contributed by atoms with Crippen molar-refractivity contribution >= 4 is 11.9 Å². The maximum absolute atomic E-state index is 11.4. The Morgan fingerprint density at radius 3 is 2.47 bits per heavy atom. The molecular weight excluding hydrogens is 220 g/mol. The van der Waals surface area contributed by atoms with Crippen molar-refractivity contribution in [3.63, 3.8) is 0 Å². The van der Waals surface area contributed by atoms with Gasteiger partial charge in [0.25, 0.3) is 0 Å². The molecule has 1 aromatic rings. The van der Waals surface area contributed by atoms with Crippen LogP contribution in [0.1, 0.15) is 31.2 Å². The van der Waals surface area contributed by atoms with Crippen LogP contribution in [0.5, 0.6) is 0 Å². The van der Waals surface area contributed by atoms with Crippen molar-refractivity contribution in [2.45, 2.75) is 25.7 Å². The van der Waals surface area contributed by atoms with Crippen LogP contribution in [0.4, 0.5) is 0 Å². The van der Waals surface area contributed by atoms with E-state index in [0.29, 0.717) is 12.2 Å². The van der Waals surface area contributed by atoms with Crippen molar-refractivity contribution in [3.05, 3.63) is 35.9 Å². The minimum atomic E-state index is -1.01. The highest BCUT2D eigenvalue weighted by atomic mass is 16.5. The minimum Gasteiger partial charge on any atom is -0.481 e. The predicted octanol–water partition coefficient (Wildman–Crippen LogP) is 2.20. The van der Waals surface area contributed by atoms with Gasteiger partial charge in [0.15, 0.2) is 0 Å². The van der Waals surface area contributed by atoms with Gasteiger partial charge in [-0.25, -0.2) is 0 Å². The zero-order valence-corrected chi connectivity index (χ0v) is 9.76. The van der Waals surface area contributed by atoms with E-state index in [0.717, 1.165) is 6.42 Å². The molecule has 17 heavy (non-hydrogen) atoms. The molecular formula is C13H16O4. The second-order valence-electron chi connectivity index (χ2n) is 3.73. The smallest absolute Gasteiger partial charge is 0.311 e. The van der Waals surface area contributed by atoms with Crippen LogP contribution in [0.3, 0.4) is 0 Å². The molecule has 0 aromatic heterocycles. The SMILES string of the molecule is CCCOC(=O)CC(C(=O)O)c1ccccc1. The van der Waals surface area contributed by atoms with Gasteiger partial charge in [-0.1, -0.05) is 37.3 Å². The lowest BCUT2D eigenvalue weighted by Gasteiger charge is -2.11. The molecule has 0 aliphatic heterocycles. The number of carboxylic acid groups (broad SMARTS) is 1. The molecule has 0 amide bonds. The number of hydrogen-bond donors (Lipinski definition) is 1. The van der Waals surface area contributed by atoms with Gasteiger partial charge in [-0.2, -0.15) is 0 Å². The Labute approximate surface area is 100 Å². The Kier molecular flexibility index (Phi) is 5.20. The molecule has 0 fully saturated rings. The number of benzene rings is 1. The molecule has 0 spiro atoms. The zero-order valence-electron chi connectivity index (χ0n) is 9.76. The lowest BCUT2D eigenvalue weighted by atomic mass is 9.96. The molecule has 0 bridgehead atoms. The average Bonchev–Trinajstić information content (AvgIpc) is 2.34. The van der Waals surface area contributed by atoms with Crippen LogP contribution in [-0.4, -0.2) is 23.7 Å². The van der Waals surface area contributed by atoms with Gasteiger partial charge in [0.05, 0.1) is 18.9 Å². The van der Waals surface area contributed by atoms with E-state index in [4.69, 9.17) is 9.84 Å². The van der Waals surface area contributed by atoms with Crippen LogP contribution in [-0.2, 0) is 14.3 Å². The summed E-state index contributed by atoms with van der Waals surface area (Å²) in [5, 5.41) is 9.09. The van der Waals surface area contributed by atoms with Crippen molar-refractivity contribution in [2.24, 2.45) is 0 Å². The number of carbonyl (C=O) groups is 2. The summed E-state index contributed by atoms with van der Waals surface area (Å²) in [6, 6.07) is 8.71. The van der Waals surface area contributed by atoms with Crippen LogP contribution < -0.4 is 0 Å². The Morgan fingerprint density at radius 2 is 1.94 bits per heavy atom. The van der Waals surface area contributed by atoms with E-state index in [1.165, 1.54) is 0 Å². The predicted molar refractivity (Wildman–Crippen MR) is 62.7 cm³/mol. The molecule has 0 aliphatic rings. The van der Waals surface area contributed by atoms with E-state index in [9.17, 15) is 9.59 Å². The molecule has 1 aromatic carbocycles. The fourth-order valence-corrected chi connectivity index (χ4v) is 1.47. The third-order valence-corrected chi connectivity index (χ3v) is 2.34. The molecule has 1 atom stereocenters. The third kappa shape index (κ3) is 4.26. The number of aliphatic carboxylic acids is 1. The summed E-state index contributed by atoms with van der Waals surface area (Å²) in [6.07, 6.45) is 0.605. The highest BCUT2D eigenvalue weighted by Gasteiger charge is 2.23. The van der Waals surface area contributed by atoms with Crippen LogP contribution in [0, 0.1) is 0 Å². The molecule has 1 rings (SSSR count). The number of rotatable bonds is 6. The van der Waals surface area contributed by atoms with E-state index < -0.39 is 17.9 Å². The summed E-state index contributed by atoms with van der Waals surface area (Å²) < 4.78 is 4.89. The third-order valence-electron chi connectivity index (χ3n) is 2.34. The summed E-state index contributed by atoms with van der Waals surface area (Å²) >= 11 is 0. The monoisotopic (exact) mass is 236 g/mol. The second kappa shape index (κ2) is 6.68. The van der Waals surface area contributed by atoms with Gasteiger partial charge in [-0.3, -0.25) is 9.59 Å². The second-order valence-corrected chi connectivity index (χ2v) is 3.73. The number of carbonyl (C=O) groups excluding carboxylic acids is 1. The summed E-state index contributed by atoms with van der Waals surface area (Å²) in [5.41, 5.74) is 0.619. The maximum atomic E-state index is 11.4. The number of esters is 1. The molecule has 4 heteroatoms. The Bertz CT molecular complexity index is 372. The standard InChI is InChI=1S/C13H16O4/c1-2-8-17-12(14)9-11(13(15)16)10-6-4-3-5-7-10/h3-7,11H,2,8-9H2,1H3,(H,15,16). The summed E-state index contributed by atoms with van der Waals surface area (Å²) in [7, 11) is 0. The fraction of sp³-hybridized carbons (Fsp3) is 0.385. The van der Waals surface area contributed by atoms with E-state index in [2.05, 4.69) is 0 Å². The van der Waals surface area contributed by atoms with Crippen molar-refractivity contribution in [2.75, 3.05) is 6.61 Å². The quantitative estimate of drug-likeness (QED) is 0.769. The van der Waals surface area contributed by atoms with E-state index in [1.54, 1.807) is 30.3 Å². The van der Waals surface area contributed by atoms with E-state index in [-0.39, 0.29) is 6.42 Å². The van der Waals surface area contributed by atoms with Crippen LogP contribution >= 0.6 is 0 Å². The van der Waals surface area contributed by atoms with Gasteiger partial charge in [-0.15, -0.1) is 0 Å².